The normalized spacial score (nSPS) is 3.43. The fourth-order valence-corrected chi connectivity index (χ4v) is 0. The molecule has 4 nitrogen and oxygen atoms in total. The van der Waals surface area contributed by atoms with Gasteiger partial charge < -0.3 is 19.8 Å². The van der Waals surface area contributed by atoms with E-state index in [9.17, 15) is 0 Å². The first-order valence-corrected chi connectivity index (χ1v) is 0.943. The predicted molar refractivity (Wildman–Crippen MR) is 12.1 cm³/mol. The number of rotatable bonds is 0. The Morgan fingerprint density at radius 2 is 1.00 bits per heavy atom. The van der Waals surface area contributed by atoms with Crippen LogP contribution in [-0.4, -0.2) is 12.9 Å². The van der Waals surface area contributed by atoms with Crippen LogP contribution in [0.3, 0.4) is 0 Å². The van der Waals surface area contributed by atoms with Crippen LogP contribution in [0.5, 0.6) is 0 Å². The van der Waals surface area contributed by atoms with Crippen LogP contribution in [0.15, 0.2) is 0 Å². The van der Waals surface area contributed by atoms with Crippen molar-refractivity contribution in [2.75, 3.05) is 0 Å². The Kier molecular flexibility index (Phi) is 68.9. The van der Waals surface area contributed by atoms with Crippen LogP contribution in [-0.2, 0) is 9.59 Å². The minimum Gasteiger partial charge on any atom is -0.554 e. The van der Waals surface area contributed by atoms with Crippen molar-refractivity contribution in [2.24, 2.45) is 0 Å². The van der Waals surface area contributed by atoms with E-state index in [1.807, 2.05) is 0 Å². The molecule has 0 bridgehead atoms. The maximum atomic E-state index is 8.25. The third-order valence-electron chi connectivity index (χ3n) is 0. The summed E-state index contributed by atoms with van der Waals surface area (Å²) in [5.74, 6) is 0. The topological polar surface area (TPSA) is 80.3 Å². The smallest absolute Gasteiger partial charge is 0.554 e. The maximum absolute atomic E-state index is 8.25. The standard InChI is InChI=1S/2CH2O2.K/c2*2-1-3;/h2*1H,(H,2,3);/q;;+1/p-2. The molecule has 0 spiro atoms. The number of hydrogen-bond acceptors (Lipinski definition) is 4. The summed E-state index contributed by atoms with van der Waals surface area (Å²) in [7, 11) is 0. The van der Waals surface area contributed by atoms with Gasteiger partial charge in [0.15, 0.2) is 0 Å². The maximum Gasteiger partial charge on any atom is 1.00 e. The van der Waals surface area contributed by atoms with E-state index in [0.717, 1.165) is 0 Å². The summed E-state index contributed by atoms with van der Waals surface area (Å²) in [5, 5.41) is 16.5. The Morgan fingerprint density at radius 3 is 1.00 bits per heavy atom. The summed E-state index contributed by atoms with van der Waals surface area (Å²) < 4.78 is 0. The molecule has 36 valence electrons. The molecule has 0 saturated heterocycles. The summed E-state index contributed by atoms with van der Waals surface area (Å²) in [6.07, 6.45) is 0. The van der Waals surface area contributed by atoms with E-state index in [1.165, 1.54) is 0 Å². The van der Waals surface area contributed by atoms with Gasteiger partial charge in [0.25, 0.3) is 0 Å². The Hall–Kier alpha value is 0.576. The first-order chi connectivity index (χ1) is 2.83. The summed E-state index contributed by atoms with van der Waals surface area (Å²) >= 11 is 0. The van der Waals surface area contributed by atoms with Gasteiger partial charge in [-0.25, -0.2) is 0 Å². The van der Waals surface area contributed by atoms with Gasteiger partial charge in [0, 0.05) is 12.9 Å². The molecule has 0 fully saturated rings. The van der Waals surface area contributed by atoms with Gasteiger partial charge in [-0.3, -0.25) is 0 Å². The number of carboxylic acid groups (broad SMARTS) is 2. The minimum absolute atomic E-state index is 0. The third kappa shape index (κ3) is 415. The van der Waals surface area contributed by atoms with Crippen LogP contribution >= 0.6 is 0 Å². The largest absolute Gasteiger partial charge is 1.00 e. The van der Waals surface area contributed by atoms with Crippen molar-refractivity contribution < 1.29 is 71.2 Å². The minimum atomic E-state index is -0.500. The van der Waals surface area contributed by atoms with Gasteiger partial charge in [0.1, 0.15) is 0 Å². The van der Waals surface area contributed by atoms with Gasteiger partial charge in [-0.1, -0.05) is 0 Å². The SMILES string of the molecule is O=C[O-].O=C[O-].[K+]. The molecule has 0 unspecified atom stereocenters. The van der Waals surface area contributed by atoms with Crippen molar-refractivity contribution in [1.29, 1.82) is 0 Å². The van der Waals surface area contributed by atoms with Crippen LogP contribution in [0, 0.1) is 0 Å². The van der Waals surface area contributed by atoms with Crippen molar-refractivity contribution in [3.05, 3.63) is 0 Å². The molecule has 0 amide bonds. The van der Waals surface area contributed by atoms with Gasteiger partial charge in [-0.05, 0) is 0 Å². The molecule has 0 radical (unpaired) electrons. The fraction of sp³-hybridized carbons (Fsp3) is 0. The molecular formula is C2H2KO4-. The third-order valence-corrected chi connectivity index (χ3v) is 0. The number of hydrogen-bond donors (Lipinski definition) is 0. The van der Waals surface area contributed by atoms with Crippen molar-refractivity contribution in [2.45, 2.75) is 0 Å². The molecule has 0 saturated carbocycles. The molecule has 0 aliphatic carbocycles. The van der Waals surface area contributed by atoms with E-state index in [1.54, 1.807) is 0 Å². The zero-order valence-electron chi connectivity index (χ0n) is 3.79. The van der Waals surface area contributed by atoms with E-state index in [4.69, 9.17) is 19.8 Å². The zero-order valence-corrected chi connectivity index (χ0v) is 6.91. The molecule has 0 atom stereocenters. The summed E-state index contributed by atoms with van der Waals surface area (Å²) in [6, 6.07) is 0. The molecule has 0 aromatic carbocycles. The van der Waals surface area contributed by atoms with E-state index in [-0.39, 0.29) is 51.4 Å². The Labute approximate surface area is 82.9 Å². The van der Waals surface area contributed by atoms with E-state index in [0.29, 0.717) is 0 Å². The molecule has 0 N–H and O–H groups in total. The van der Waals surface area contributed by atoms with Crippen LogP contribution in [0.2, 0.25) is 0 Å². The average Bonchev–Trinajstić information content (AvgIpc) is 1.39. The first-order valence-electron chi connectivity index (χ1n) is 0.943. The van der Waals surface area contributed by atoms with Crippen molar-refractivity contribution in [3.8, 4) is 0 Å². The Morgan fingerprint density at radius 1 is 1.00 bits per heavy atom. The summed E-state index contributed by atoms with van der Waals surface area (Å²) in [6.45, 7) is -1.00. The van der Waals surface area contributed by atoms with E-state index in [2.05, 4.69) is 0 Å². The molecule has 0 rings (SSSR count). The quantitative estimate of drug-likeness (QED) is 0.241. The Bertz CT molecular complexity index is 30.7. The van der Waals surface area contributed by atoms with Crippen molar-refractivity contribution >= 4 is 12.9 Å². The van der Waals surface area contributed by atoms with Gasteiger partial charge in [0.05, 0.1) is 0 Å². The fourth-order valence-electron chi connectivity index (χ4n) is 0. The molecule has 5 heteroatoms. The molecule has 0 aliphatic heterocycles. The van der Waals surface area contributed by atoms with Crippen LogP contribution in [0.4, 0.5) is 0 Å². The number of carbonyl (C=O) groups excluding carboxylic acids is 2. The average molecular weight is 129 g/mol. The summed E-state index contributed by atoms with van der Waals surface area (Å²) in [4.78, 5) is 16.5. The molecule has 0 aromatic heterocycles. The predicted octanol–water partition coefficient (Wildman–Crippen LogP) is -6.26. The van der Waals surface area contributed by atoms with Gasteiger partial charge in [-0.2, -0.15) is 0 Å². The van der Waals surface area contributed by atoms with Gasteiger partial charge in [-0.15, -0.1) is 0 Å². The number of carbonyl (C=O) groups is 2. The van der Waals surface area contributed by atoms with Crippen LogP contribution < -0.4 is 61.6 Å². The molecule has 7 heavy (non-hydrogen) atoms. The zero-order chi connectivity index (χ0) is 5.41. The molecule has 0 heterocycles. The summed E-state index contributed by atoms with van der Waals surface area (Å²) in [5.41, 5.74) is 0. The van der Waals surface area contributed by atoms with Gasteiger partial charge in [0.2, 0.25) is 0 Å². The monoisotopic (exact) mass is 129 g/mol. The molecular weight excluding hydrogens is 127 g/mol. The second-order valence-electron chi connectivity index (χ2n) is 0.192. The second kappa shape index (κ2) is 30.8. The second-order valence-corrected chi connectivity index (χ2v) is 0.192. The Balaban J connectivity index is -0.0000000400. The van der Waals surface area contributed by atoms with Gasteiger partial charge >= 0.3 is 51.4 Å². The van der Waals surface area contributed by atoms with Crippen molar-refractivity contribution in [1.82, 2.24) is 0 Å². The van der Waals surface area contributed by atoms with E-state index < -0.39 is 12.9 Å². The first kappa shape index (κ1) is 15.6. The molecule has 0 aromatic rings. The van der Waals surface area contributed by atoms with Crippen molar-refractivity contribution in [3.63, 3.8) is 0 Å². The van der Waals surface area contributed by atoms with Crippen LogP contribution in [0.25, 0.3) is 0 Å². The van der Waals surface area contributed by atoms with E-state index >= 15 is 0 Å². The molecule has 0 aliphatic rings. The van der Waals surface area contributed by atoms with Crippen LogP contribution in [0.1, 0.15) is 0 Å².